The highest BCUT2D eigenvalue weighted by atomic mass is 79.9. The Kier molecular flexibility index (Phi) is 6.07. The third-order valence-corrected chi connectivity index (χ3v) is 4.20. The van der Waals surface area contributed by atoms with Gasteiger partial charge in [-0.15, -0.1) is 0 Å². The molecule has 0 unspecified atom stereocenters. The van der Waals surface area contributed by atoms with E-state index in [0.29, 0.717) is 5.11 Å². The third-order valence-electron chi connectivity index (χ3n) is 3.43. The van der Waals surface area contributed by atoms with Crippen LogP contribution in [0.5, 0.6) is 0 Å². The van der Waals surface area contributed by atoms with Crippen LogP contribution in [0.25, 0.3) is 0 Å². The van der Waals surface area contributed by atoms with Crippen molar-refractivity contribution < 1.29 is 4.90 Å². The summed E-state index contributed by atoms with van der Waals surface area (Å²) in [5, 5.41) is 7.19. The lowest BCUT2D eigenvalue weighted by molar-refractivity contribution is -0.903. The Balaban J connectivity index is 1.65. The van der Waals surface area contributed by atoms with E-state index >= 15 is 0 Å². The fourth-order valence-corrected chi connectivity index (χ4v) is 2.85. The van der Waals surface area contributed by atoms with Crippen LogP contribution in [0.4, 0.5) is 5.69 Å². The topological polar surface area (TPSA) is 28.5 Å². The Hall–Kier alpha value is -0.650. The molecule has 1 aromatic carbocycles. The Morgan fingerprint density at radius 2 is 1.84 bits per heavy atom. The Morgan fingerprint density at radius 1 is 1.16 bits per heavy atom. The fraction of sp³-hybridized carbons (Fsp3) is 0.500. The molecular formula is C14H21BrN3S+. The van der Waals surface area contributed by atoms with Crippen molar-refractivity contribution in [3.05, 3.63) is 28.7 Å². The summed E-state index contributed by atoms with van der Waals surface area (Å²) in [6.07, 6.45) is 4.15. The maximum absolute atomic E-state index is 5.29. The first-order valence-corrected chi connectivity index (χ1v) is 8.08. The van der Waals surface area contributed by atoms with Crippen LogP contribution < -0.4 is 15.5 Å². The summed E-state index contributed by atoms with van der Waals surface area (Å²) in [7, 11) is 0. The van der Waals surface area contributed by atoms with Crippen molar-refractivity contribution in [2.24, 2.45) is 0 Å². The van der Waals surface area contributed by atoms with E-state index in [0.717, 1.165) is 23.2 Å². The summed E-state index contributed by atoms with van der Waals surface area (Å²) in [5.74, 6) is 0. The van der Waals surface area contributed by atoms with Gasteiger partial charge in [0.15, 0.2) is 5.11 Å². The van der Waals surface area contributed by atoms with Crippen molar-refractivity contribution in [1.82, 2.24) is 5.32 Å². The highest BCUT2D eigenvalue weighted by molar-refractivity contribution is 9.10. The van der Waals surface area contributed by atoms with E-state index < -0.39 is 0 Å². The molecule has 1 saturated heterocycles. The number of nitrogens with one attached hydrogen (secondary N) is 3. The standard InChI is InChI=1S/C14H20BrN3S/c15-12-4-6-13(7-5-12)17-14(19)16-8-11-18-9-2-1-3-10-18/h4-7H,1-3,8-11H2,(H2,16,17,19)/p+1. The average molecular weight is 343 g/mol. The number of halogens is 1. The third kappa shape index (κ3) is 5.47. The second-order valence-corrected chi connectivity index (χ2v) is 6.27. The van der Waals surface area contributed by atoms with Gasteiger partial charge in [0.2, 0.25) is 0 Å². The molecule has 0 amide bonds. The molecule has 1 aromatic rings. The molecule has 19 heavy (non-hydrogen) atoms. The van der Waals surface area contributed by atoms with Crippen molar-refractivity contribution >= 4 is 38.9 Å². The lowest BCUT2D eigenvalue weighted by atomic mass is 10.1. The second kappa shape index (κ2) is 7.82. The molecule has 2 rings (SSSR count). The van der Waals surface area contributed by atoms with Crippen LogP contribution in [0.2, 0.25) is 0 Å². The molecule has 3 N–H and O–H groups in total. The van der Waals surface area contributed by atoms with Gasteiger partial charge in [0.1, 0.15) is 0 Å². The lowest BCUT2D eigenvalue weighted by Gasteiger charge is -2.23. The van der Waals surface area contributed by atoms with Crippen LogP contribution >= 0.6 is 28.1 Å². The molecule has 0 saturated carbocycles. The zero-order chi connectivity index (χ0) is 13.5. The number of likely N-dealkylation sites (tertiary alicyclic amines) is 1. The quantitative estimate of drug-likeness (QED) is 0.729. The molecule has 0 aromatic heterocycles. The molecule has 0 aliphatic carbocycles. The van der Waals surface area contributed by atoms with Gasteiger partial charge in [-0.05, 0) is 55.7 Å². The van der Waals surface area contributed by atoms with E-state index in [-0.39, 0.29) is 0 Å². The molecule has 0 spiro atoms. The van der Waals surface area contributed by atoms with E-state index in [4.69, 9.17) is 12.2 Å². The number of benzene rings is 1. The minimum absolute atomic E-state index is 0.707. The van der Waals surface area contributed by atoms with Crippen molar-refractivity contribution in [2.45, 2.75) is 19.3 Å². The van der Waals surface area contributed by atoms with Gasteiger partial charge in [0.25, 0.3) is 0 Å². The highest BCUT2D eigenvalue weighted by Gasteiger charge is 2.12. The Morgan fingerprint density at radius 3 is 2.53 bits per heavy atom. The average Bonchev–Trinajstić information content (AvgIpc) is 2.43. The first kappa shape index (κ1) is 14.8. The van der Waals surface area contributed by atoms with Crippen molar-refractivity contribution in [3.8, 4) is 0 Å². The maximum Gasteiger partial charge on any atom is 0.170 e. The summed E-state index contributed by atoms with van der Waals surface area (Å²) in [5.41, 5.74) is 1.02. The monoisotopic (exact) mass is 342 g/mol. The van der Waals surface area contributed by atoms with Gasteiger partial charge >= 0.3 is 0 Å². The van der Waals surface area contributed by atoms with E-state index in [2.05, 4.69) is 26.6 Å². The van der Waals surface area contributed by atoms with Gasteiger partial charge in [0, 0.05) is 10.2 Å². The molecule has 1 aliphatic heterocycles. The molecule has 0 bridgehead atoms. The van der Waals surface area contributed by atoms with Gasteiger partial charge in [-0.2, -0.15) is 0 Å². The number of rotatable bonds is 4. The van der Waals surface area contributed by atoms with Crippen LogP contribution in [0.3, 0.4) is 0 Å². The van der Waals surface area contributed by atoms with Crippen LogP contribution in [0.1, 0.15) is 19.3 Å². The molecular weight excluding hydrogens is 322 g/mol. The van der Waals surface area contributed by atoms with Crippen molar-refractivity contribution in [3.63, 3.8) is 0 Å². The van der Waals surface area contributed by atoms with Crippen LogP contribution in [-0.4, -0.2) is 31.3 Å². The molecule has 1 aliphatic rings. The lowest BCUT2D eigenvalue weighted by Crippen LogP contribution is -3.13. The number of anilines is 1. The van der Waals surface area contributed by atoms with E-state index in [1.54, 1.807) is 4.90 Å². The number of hydrogen-bond donors (Lipinski definition) is 3. The Bertz CT molecular complexity index is 402. The number of thiocarbonyl (C=S) groups is 1. The van der Waals surface area contributed by atoms with Gasteiger partial charge in [-0.3, -0.25) is 0 Å². The zero-order valence-electron chi connectivity index (χ0n) is 11.0. The van der Waals surface area contributed by atoms with E-state index in [1.165, 1.54) is 32.4 Å². The largest absolute Gasteiger partial charge is 0.357 e. The summed E-state index contributed by atoms with van der Waals surface area (Å²) in [6.45, 7) is 4.73. The van der Waals surface area contributed by atoms with Crippen LogP contribution in [0, 0.1) is 0 Å². The molecule has 0 radical (unpaired) electrons. The summed E-state index contributed by atoms with van der Waals surface area (Å²) < 4.78 is 1.07. The molecule has 1 fully saturated rings. The molecule has 0 atom stereocenters. The number of hydrogen-bond acceptors (Lipinski definition) is 1. The first-order valence-electron chi connectivity index (χ1n) is 6.88. The van der Waals surface area contributed by atoms with Crippen LogP contribution in [-0.2, 0) is 0 Å². The normalized spacial score (nSPS) is 16.1. The van der Waals surface area contributed by atoms with E-state index in [9.17, 15) is 0 Å². The predicted octanol–water partition coefficient (Wildman–Crippen LogP) is 1.80. The van der Waals surface area contributed by atoms with Gasteiger partial charge in [-0.25, -0.2) is 0 Å². The van der Waals surface area contributed by atoms with Gasteiger partial charge < -0.3 is 15.5 Å². The SMILES string of the molecule is S=C(NCC[NH+]1CCCCC1)Nc1ccc(Br)cc1. The van der Waals surface area contributed by atoms with Crippen molar-refractivity contribution in [2.75, 3.05) is 31.5 Å². The highest BCUT2D eigenvalue weighted by Crippen LogP contribution is 2.13. The minimum Gasteiger partial charge on any atom is -0.357 e. The first-order chi connectivity index (χ1) is 9.24. The minimum atomic E-state index is 0.707. The zero-order valence-corrected chi connectivity index (χ0v) is 13.4. The predicted molar refractivity (Wildman–Crippen MR) is 87.8 cm³/mol. The summed E-state index contributed by atoms with van der Waals surface area (Å²) in [4.78, 5) is 1.70. The second-order valence-electron chi connectivity index (χ2n) is 4.95. The van der Waals surface area contributed by atoms with Crippen LogP contribution in [0.15, 0.2) is 28.7 Å². The number of piperidine rings is 1. The Labute approximate surface area is 128 Å². The van der Waals surface area contributed by atoms with Crippen molar-refractivity contribution in [1.29, 1.82) is 0 Å². The van der Waals surface area contributed by atoms with Gasteiger partial charge in [-0.1, -0.05) is 15.9 Å². The fourth-order valence-electron chi connectivity index (χ4n) is 2.36. The van der Waals surface area contributed by atoms with E-state index in [1.807, 2.05) is 24.3 Å². The maximum atomic E-state index is 5.29. The molecule has 1 heterocycles. The molecule has 3 nitrogen and oxygen atoms in total. The summed E-state index contributed by atoms with van der Waals surface area (Å²) in [6, 6.07) is 8.02. The smallest absolute Gasteiger partial charge is 0.170 e. The molecule has 5 heteroatoms. The number of quaternary nitrogens is 1. The van der Waals surface area contributed by atoms with Gasteiger partial charge in [0.05, 0.1) is 26.2 Å². The molecule has 104 valence electrons. The summed E-state index contributed by atoms with van der Waals surface area (Å²) >= 11 is 8.71.